The molecule has 2 aliphatic rings. The van der Waals surface area contributed by atoms with Gasteiger partial charge in [0.25, 0.3) is 0 Å². The van der Waals surface area contributed by atoms with Gasteiger partial charge in [0.1, 0.15) is 31.8 Å². The van der Waals surface area contributed by atoms with E-state index in [-0.39, 0.29) is 30.3 Å². The lowest BCUT2D eigenvalue weighted by Gasteiger charge is -2.35. The Morgan fingerprint density at radius 2 is 1.96 bits per heavy atom. The van der Waals surface area contributed by atoms with Crippen molar-refractivity contribution in [3.63, 3.8) is 0 Å². The van der Waals surface area contributed by atoms with Crippen LogP contribution in [0, 0.1) is 0 Å². The third kappa shape index (κ3) is 4.45. The molecule has 2 amide bonds. The van der Waals surface area contributed by atoms with E-state index in [0.717, 1.165) is 13.1 Å². The van der Waals surface area contributed by atoms with Gasteiger partial charge in [-0.3, -0.25) is 0 Å². The van der Waals surface area contributed by atoms with Crippen molar-refractivity contribution in [2.75, 3.05) is 26.2 Å². The topological polar surface area (TPSA) is 81.1 Å². The SMILES string of the molecule is CCOC(=O)C1=C(C[NH+]2C[C@@H](C)O[C@H](C)C2)NC(=O)N[C@@H]1CC. The second kappa shape index (κ2) is 7.79. The summed E-state index contributed by atoms with van der Waals surface area (Å²) < 4.78 is 10.9. The van der Waals surface area contributed by atoms with Crippen molar-refractivity contribution in [3.05, 3.63) is 11.3 Å². The van der Waals surface area contributed by atoms with Crippen LogP contribution in [0.5, 0.6) is 0 Å². The van der Waals surface area contributed by atoms with Crippen molar-refractivity contribution in [1.29, 1.82) is 0 Å². The van der Waals surface area contributed by atoms with Crippen molar-refractivity contribution in [3.8, 4) is 0 Å². The van der Waals surface area contributed by atoms with Gasteiger partial charge < -0.3 is 25.0 Å². The minimum absolute atomic E-state index is 0.166. The van der Waals surface area contributed by atoms with Gasteiger partial charge in [0.05, 0.1) is 23.9 Å². The van der Waals surface area contributed by atoms with E-state index >= 15 is 0 Å². The van der Waals surface area contributed by atoms with Crippen LogP contribution in [0.1, 0.15) is 34.1 Å². The number of quaternary nitrogens is 1. The molecule has 1 saturated heterocycles. The van der Waals surface area contributed by atoms with Crippen LogP contribution in [0.15, 0.2) is 11.3 Å². The molecule has 0 bridgehead atoms. The molecular formula is C16H28N3O4+. The number of nitrogens with one attached hydrogen (secondary N) is 3. The highest BCUT2D eigenvalue weighted by molar-refractivity contribution is 5.94. The number of hydrogen-bond acceptors (Lipinski definition) is 4. The number of rotatable bonds is 5. The Morgan fingerprint density at radius 3 is 2.52 bits per heavy atom. The van der Waals surface area contributed by atoms with E-state index in [1.54, 1.807) is 6.92 Å². The molecule has 0 radical (unpaired) electrons. The number of esters is 1. The van der Waals surface area contributed by atoms with Crippen molar-refractivity contribution in [2.24, 2.45) is 0 Å². The van der Waals surface area contributed by atoms with Crippen molar-refractivity contribution < 1.29 is 24.0 Å². The average Bonchev–Trinajstić information content (AvgIpc) is 2.45. The van der Waals surface area contributed by atoms with Crippen LogP contribution in [-0.4, -0.2) is 56.5 Å². The summed E-state index contributed by atoms with van der Waals surface area (Å²) in [6.45, 7) is 10.4. The molecule has 2 aliphatic heterocycles. The first-order valence-corrected chi connectivity index (χ1v) is 8.41. The summed E-state index contributed by atoms with van der Waals surface area (Å²) in [7, 11) is 0. The average molecular weight is 326 g/mol. The lowest BCUT2D eigenvalue weighted by Crippen LogP contribution is -3.15. The fourth-order valence-electron chi connectivity index (χ4n) is 3.38. The standard InChI is InChI=1S/C16H27N3O4/c1-5-12-14(15(20)22-6-2)13(18-16(21)17-12)9-19-7-10(3)23-11(4)8-19/h10-12H,5-9H2,1-4H3,(H2,17,18,21)/p+1/t10-,11-,12-/m1/s1. The summed E-state index contributed by atoms with van der Waals surface area (Å²) in [4.78, 5) is 25.5. The summed E-state index contributed by atoms with van der Waals surface area (Å²) in [5, 5.41) is 5.61. The zero-order valence-electron chi connectivity index (χ0n) is 14.4. The van der Waals surface area contributed by atoms with E-state index < -0.39 is 0 Å². The largest absolute Gasteiger partial charge is 0.463 e. The van der Waals surface area contributed by atoms with Gasteiger partial charge in [0.15, 0.2) is 0 Å². The minimum Gasteiger partial charge on any atom is -0.463 e. The van der Waals surface area contributed by atoms with E-state index in [1.165, 1.54) is 4.90 Å². The molecule has 3 atom stereocenters. The van der Waals surface area contributed by atoms with Crippen LogP contribution >= 0.6 is 0 Å². The molecule has 0 aromatic heterocycles. The van der Waals surface area contributed by atoms with E-state index in [4.69, 9.17) is 9.47 Å². The van der Waals surface area contributed by atoms with E-state index in [0.29, 0.717) is 30.8 Å². The maximum absolute atomic E-state index is 12.3. The monoisotopic (exact) mass is 326 g/mol. The number of urea groups is 1. The zero-order chi connectivity index (χ0) is 17.0. The molecule has 0 aliphatic carbocycles. The number of hydrogen-bond donors (Lipinski definition) is 3. The zero-order valence-corrected chi connectivity index (χ0v) is 14.4. The quantitative estimate of drug-likeness (QED) is 0.600. The van der Waals surface area contributed by atoms with Gasteiger partial charge in [-0.1, -0.05) is 6.92 Å². The molecule has 130 valence electrons. The van der Waals surface area contributed by atoms with Crippen LogP contribution in [0.25, 0.3) is 0 Å². The molecule has 1 fully saturated rings. The van der Waals surface area contributed by atoms with Gasteiger partial charge in [0.2, 0.25) is 0 Å². The van der Waals surface area contributed by atoms with Gasteiger partial charge in [-0.2, -0.15) is 0 Å². The lowest BCUT2D eigenvalue weighted by molar-refractivity contribution is -0.910. The molecule has 23 heavy (non-hydrogen) atoms. The summed E-state index contributed by atoms with van der Waals surface area (Å²) in [5.74, 6) is -0.351. The van der Waals surface area contributed by atoms with E-state index in [1.807, 2.05) is 20.8 Å². The molecule has 3 N–H and O–H groups in total. The predicted molar refractivity (Wildman–Crippen MR) is 85.0 cm³/mol. The number of ether oxygens (including phenoxy) is 2. The first-order chi connectivity index (χ1) is 10.9. The Morgan fingerprint density at radius 1 is 1.30 bits per heavy atom. The van der Waals surface area contributed by atoms with Gasteiger partial charge >= 0.3 is 12.0 Å². The number of amides is 2. The molecule has 0 unspecified atom stereocenters. The Balaban J connectivity index is 2.24. The molecule has 7 nitrogen and oxygen atoms in total. The van der Waals surface area contributed by atoms with Crippen LogP contribution in [0.4, 0.5) is 4.79 Å². The van der Waals surface area contributed by atoms with Gasteiger partial charge in [-0.25, -0.2) is 9.59 Å². The summed E-state index contributed by atoms with van der Waals surface area (Å²) in [6, 6.07) is -0.554. The minimum atomic E-state index is -0.351. The van der Waals surface area contributed by atoms with Gasteiger partial charge in [-0.05, 0) is 27.2 Å². The van der Waals surface area contributed by atoms with Gasteiger partial charge in [-0.15, -0.1) is 0 Å². The molecule has 0 saturated carbocycles. The lowest BCUT2D eigenvalue weighted by atomic mass is 9.99. The first-order valence-electron chi connectivity index (χ1n) is 8.41. The third-order valence-electron chi connectivity index (χ3n) is 4.19. The number of carbonyl (C=O) groups is 2. The Hall–Kier alpha value is -1.60. The van der Waals surface area contributed by atoms with Gasteiger partial charge in [0, 0.05) is 0 Å². The van der Waals surface area contributed by atoms with E-state index in [2.05, 4.69) is 10.6 Å². The fourth-order valence-corrected chi connectivity index (χ4v) is 3.38. The molecule has 2 rings (SSSR count). The maximum Gasteiger partial charge on any atom is 0.338 e. The highest BCUT2D eigenvalue weighted by Crippen LogP contribution is 2.16. The molecule has 0 aromatic carbocycles. The van der Waals surface area contributed by atoms with Crippen molar-refractivity contribution in [2.45, 2.75) is 52.4 Å². The molecular weight excluding hydrogens is 298 g/mol. The summed E-state index contributed by atoms with van der Waals surface area (Å²) in [6.07, 6.45) is 0.982. The first kappa shape index (κ1) is 17.7. The second-order valence-corrected chi connectivity index (χ2v) is 6.26. The van der Waals surface area contributed by atoms with Crippen LogP contribution < -0.4 is 15.5 Å². The Bertz CT molecular complexity index is 482. The molecule has 7 heteroatoms. The van der Waals surface area contributed by atoms with Crippen LogP contribution in [-0.2, 0) is 14.3 Å². The Labute approximate surface area is 137 Å². The second-order valence-electron chi connectivity index (χ2n) is 6.26. The number of carbonyl (C=O) groups excluding carboxylic acids is 2. The third-order valence-corrected chi connectivity index (χ3v) is 4.19. The van der Waals surface area contributed by atoms with E-state index in [9.17, 15) is 9.59 Å². The highest BCUT2D eigenvalue weighted by atomic mass is 16.5. The number of morpholine rings is 1. The fraction of sp³-hybridized carbons (Fsp3) is 0.750. The summed E-state index contributed by atoms with van der Waals surface area (Å²) >= 11 is 0. The normalized spacial score (nSPS) is 31.4. The molecule has 0 aromatic rings. The summed E-state index contributed by atoms with van der Waals surface area (Å²) in [5.41, 5.74) is 1.23. The maximum atomic E-state index is 12.3. The molecule has 0 spiro atoms. The van der Waals surface area contributed by atoms with Crippen LogP contribution in [0.3, 0.4) is 0 Å². The molecule has 2 heterocycles. The van der Waals surface area contributed by atoms with Crippen LogP contribution in [0.2, 0.25) is 0 Å². The smallest absolute Gasteiger partial charge is 0.338 e. The van der Waals surface area contributed by atoms with Crippen molar-refractivity contribution in [1.82, 2.24) is 10.6 Å². The van der Waals surface area contributed by atoms with Crippen molar-refractivity contribution >= 4 is 12.0 Å². The Kier molecular flexibility index (Phi) is 6.01. The predicted octanol–water partition coefficient (Wildman–Crippen LogP) is -0.413. The highest BCUT2D eigenvalue weighted by Gasteiger charge is 2.34.